The average Bonchev–Trinajstić information content (AvgIpc) is 2.52. The second-order valence-electron chi connectivity index (χ2n) is 4.91. The van der Waals surface area contributed by atoms with Crippen LogP contribution >= 0.6 is 15.9 Å². The summed E-state index contributed by atoms with van der Waals surface area (Å²) in [5.41, 5.74) is 3.51. The minimum atomic E-state index is -0.703. The third-order valence-corrected chi connectivity index (χ3v) is 3.60. The summed E-state index contributed by atoms with van der Waals surface area (Å²) < 4.78 is 6.43. The lowest BCUT2D eigenvalue weighted by atomic mass is 10.1. The number of rotatable bonds is 5. The molecular formula is C17H17BrN2O3. The predicted octanol–water partition coefficient (Wildman–Crippen LogP) is 3.46. The van der Waals surface area contributed by atoms with Gasteiger partial charge in [0.15, 0.2) is 6.10 Å². The van der Waals surface area contributed by atoms with Crippen LogP contribution in [0, 0.1) is 0 Å². The highest BCUT2D eigenvalue weighted by atomic mass is 79.9. The lowest BCUT2D eigenvalue weighted by molar-refractivity contribution is -0.127. The van der Waals surface area contributed by atoms with Gasteiger partial charge in [0.05, 0.1) is 5.71 Å². The number of halogens is 1. The molecule has 0 aliphatic heterocycles. The normalized spacial score (nSPS) is 12.6. The highest BCUT2D eigenvalue weighted by Gasteiger charge is 2.14. The zero-order valence-electron chi connectivity index (χ0n) is 12.8. The Morgan fingerprint density at radius 1 is 1.26 bits per heavy atom. The van der Waals surface area contributed by atoms with Crippen molar-refractivity contribution in [1.82, 2.24) is 5.43 Å². The van der Waals surface area contributed by atoms with E-state index in [1.807, 2.05) is 12.1 Å². The number of hydrogen-bond acceptors (Lipinski definition) is 4. The number of nitrogens with one attached hydrogen (secondary N) is 1. The molecule has 1 atom stereocenters. The van der Waals surface area contributed by atoms with E-state index in [9.17, 15) is 9.90 Å². The third kappa shape index (κ3) is 4.82. The summed E-state index contributed by atoms with van der Waals surface area (Å²) in [6.45, 7) is 3.34. The highest BCUT2D eigenvalue weighted by Crippen LogP contribution is 2.19. The van der Waals surface area contributed by atoms with E-state index in [1.54, 1.807) is 50.2 Å². The molecule has 0 saturated carbocycles. The van der Waals surface area contributed by atoms with Gasteiger partial charge in [0.2, 0.25) is 0 Å². The number of aromatic hydroxyl groups is 1. The Bertz CT molecular complexity index is 731. The van der Waals surface area contributed by atoms with Crippen molar-refractivity contribution in [2.24, 2.45) is 5.10 Å². The van der Waals surface area contributed by atoms with Crippen LogP contribution in [-0.2, 0) is 4.79 Å². The van der Waals surface area contributed by atoms with Gasteiger partial charge in [-0.2, -0.15) is 5.10 Å². The van der Waals surface area contributed by atoms with E-state index >= 15 is 0 Å². The zero-order chi connectivity index (χ0) is 16.8. The predicted molar refractivity (Wildman–Crippen MR) is 92.7 cm³/mol. The number of nitrogens with zero attached hydrogens (tertiary/aromatic N) is 1. The van der Waals surface area contributed by atoms with Crippen LogP contribution < -0.4 is 10.2 Å². The minimum absolute atomic E-state index is 0.112. The summed E-state index contributed by atoms with van der Waals surface area (Å²) >= 11 is 3.35. The van der Waals surface area contributed by atoms with Crippen molar-refractivity contribution in [3.8, 4) is 11.5 Å². The SMILES string of the molecule is C/C(=N/NC(=O)[C@@H](C)Oc1cccc(Br)c1)c1ccccc1O. The number of hydrogen-bond donors (Lipinski definition) is 2. The first-order valence-corrected chi connectivity index (χ1v) is 7.81. The molecule has 6 heteroatoms. The summed E-state index contributed by atoms with van der Waals surface area (Å²) in [5, 5.41) is 13.8. The molecule has 2 aromatic carbocycles. The molecule has 5 nitrogen and oxygen atoms in total. The zero-order valence-corrected chi connectivity index (χ0v) is 14.4. The average molecular weight is 377 g/mol. The van der Waals surface area contributed by atoms with Gasteiger partial charge >= 0.3 is 0 Å². The van der Waals surface area contributed by atoms with Gasteiger partial charge in [-0.05, 0) is 44.2 Å². The molecule has 0 bridgehead atoms. The first kappa shape index (κ1) is 17.0. The minimum Gasteiger partial charge on any atom is -0.507 e. The fraction of sp³-hybridized carbons (Fsp3) is 0.176. The quantitative estimate of drug-likeness (QED) is 0.619. The molecule has 120 valence electrons. The Hall–Kier alpha value is -2.34. The Morgan fingerprint density at radius 3 is 2.70 bits per heavy atom. The number of carbonyl (C=O) groups excluding carboxylic acids is 1. The lowest BCUT2D eigenvalue weighted by Gasteiger charge is -2.13. The van der Waals surface area contributed by atoms with Gasteiger partial charge < -0.3 is 9.84 Å². The maximum atomic E-state index is 12.0. The maximum Gasteiger partial charge on any atom is 0.280 e. The second kappa shape index (κ2) is 7.78. The van der Waals surface area contributed by atoms with E-state index in [0.717, 1.165) is 4.47 Å². The number of para-hydroxylation sites is 1. The molecule has 2 N–H and O–H groups in total. The van der Waals surface area contributed by atoms with Crippen LogP contribution in [0.2, 0.25) is 0 Å². The molecule has 0 aliphatic carbocycles. The second-order valence-corrected chi connectivity index (χ2v) is 5.82. The van der Waals surface area contributed by atoms with Crippen molar-refractivity contribution in [1.29, 1.82) is 0 Å². The topological polar surface area (TPSA) is 70.9 Å². The summed E-state index contributed by atoms with van der Waals surface area (Å²) in [6, 6.07) is 14.0. The van der Waals surface area contributed by atoms with Crippen molar-refractivity contribution < 1.29 is 14.6 Å². The molecule has 2 aromatic rings. The largest absolute Gasteiger partial charge is 0.507 e. The molecule has 0 saturated heterocycles. The number of hydrazone groups is 1. The molecule has 0 aliphatic rings. The van der Waals surface area contributed by atoms with Crippen molar-refractivity contribution in [2.45, 2.75) is 20.0 Å². The van der Waals surface area contributed by atoms with E-state index in [0.29, 0.717) is 17.0 Å². The molecule has 2 rings (SSSR count). The first-order valence-electron chi connectivity index (χ1n) is 7.02. The van der Waals surface area contributed by atoms with Crippen molar-refractivity contribution in [3.63, 3.8) is 0 Å². The fourth-order valence-electron chi connectivity index (χ4n) is 1.87. The van der Waals surface area contributed by atoms with Gasteiger partial charge in [0, 0.05) is 10.0 Å². The molecule has 0 radical (unpaired) electrons. The Kier molecular flexibility index (Phi) is 5.76. The number of benzene rings is 2. The standard InChI is InChI=1S/C17H17BrN2O3/c1-11(15-8-3-4-9-16(15)21)19-20-17(22)12(2)23-14-7-5-6-13(18)10-14/h3-10,12,21H,1-2H3,(H,20,22)/b19-11-/t12-/m1/s1. The van der Waals surface area contributed by atoms with Crippen LogP contribution in [0.15, 0.2) is 58.1 Å². The van der Waals surface area contributed by atoms with Crippen LogP contribution in [0.4, 0.5) is 0 Å². The van der Waals surface area contributed by atoms with Crippen LogP contribution in [0.5, 0.6) is 11.5 Å². The van der Waals surface area contributed by atoms with Gasteiger partial charge in [-0.3, -0.25) is 4.79 Å². The summed E-state index contributed by atoms with van der Waals surface area (Å²) in [7, 11) is 0. The fourth-order valence-corrected chi connectivity index (χ4v) is 2.25. The van der Waals surface area contributed by atoms with Gasteiger partial charge in [0.1, 0.15) is 11.5 Å². The third-order valence-electron chi connectivity index (χ3n) is 3.11. The number of amides is 1. The molecule has 0 heterocycles. The van der Waals surface area contributed by atoms with Crippen LogP contribution in [-0.4, -0.2) is 22.8 Å². The number of phenolic OH excluding ortho intramolecular Hbond substituents is 1. The van der Waals surface area contributed by atoms with Gasteiger partial charge in [0.25, 0.3) is 5.91 Å². The van der Waals surface area contributed by atoms with E-state index in [1.165, 1.54) is 0 Å². The van der Waals surface area contributed by atoms with E-state index < -0.39 is 6.10 Å². The van der Waals surface area contributed by atoms with E-state index in [-0.39, 0.29) is 11.7 Å². The monoisotopic (exact) mass is 376 g/mol. The van der Waals surface area contributed by atoms with Gasteiger partial charge in [-0.1, -0.05) is 34.1 Å². The van der Waals surface area contributed by atoms with Crippen molar-refractivity contribution in [2.75, 3.05) is 0 Å². The Labute approximate surface area is 143 Å². The number of ether oxygens (including phenoxy) is 1. The summed E-state index contributed by atoms with van der Waals surface area (Å²) in [5.74, 6) is 0.324. The number of carbonyl (C=O) groups is 1. The van der Waals surface area contributed by atoms with Crippen LogP contribution in [0.3, 0.4) is 0 Å². The molecular weight excluding hydrogens is 360 g/mol. The van der Waals surface area contributed by atoms with Crippen LogP contribution in [0.1, 0.15) is 19.4 Å². The first-order chi connectivity index (χ1) is 11.0. The number of phenols is 1. The molecule has 0 spiro atoms. The summed E-state index contributed by atoms with van der Waals surface area (Å²) in [4.78, 5) is 12.0. The lowest BCUT2D eigenvalue weighted by Crippen LogP contribution is -2.33. The Morgan fingerprint density at radius 2 is 2.00 bits per heavy atom. The molecule has 23 heavy (non-hydrogen) atoms. The van der Waals surface area contributed by atoms with E-state index in [4.69, 9.17) is 4.74 Å². The Balaban J connectivity index is 1.98. The van der Waals surface area contributed by atoms with Gasteiger partial charge in [-0.25, -0.2) is 5.43 Å². The molecule has 0 fully saturated rings. The smallest absolute Gasteiger partial charge is 0.280 e. The summed E-state index contributed by atoms with van der Waals surface area (Å²) in [6.07, 6.45) is -0.703. The molecule has 1 amide bonds. The van der Waals surface area contributed by atoms with Gasteiger partial charge in [-0.15, -0.1) is 0 Å². The highest BCUT2D eigenvalue weighted by molar-refractivity contribution is 9.10. The van der Waals surface area contributed by atoms with Crippen LogP contribution in [0.25, 0.3) is 0 Å². The van der Waals surface area contributed by atoms with Crippen molar-refractivity contribution >= 4 is 27.5 Å². The van der Waals surface area contributed by atoms with Crippen molar-refractivity contribution in [3.05, 3.63) is 58.6 Å². The maximum absolute atomic E-state index is 12.0. The molecule has 0 unspecified atom stereocenters. The molecule has 0 aromatic heterocycles. The van der Waals surface area contributed by atoms with E-state index in [2.05, 4.69) is 26.5 Å².